The first-order valence-corrected chi connectivity index (χ1v) is 10.0. The molecule has 1 heterocycles. The number of amides is 2. The summed E-state index contributed by atoms with van der Waals surface area (Å²) in [5.74, 6) is 1.50. The Morgan fingerprint density at radius 2 is 2.04 bits per heavy atom. The zero-order valence-corrected chi connectivity index (χ0v) is 16.7. The van der Waals surface area contributed by atoms with Gasteiger partial charge in [-0.2, -0.15) is 11.8 Å². The summed E-state index contributed by atoms with van der Waals surface area (Å²) in [6.07, 6.45) is 6.20. The summed E-state index contributed by atoms with van der Waals surface area (Å²) in [5, 5.41) is 12.2. The summed E-state index contributed by atoms with van der Waals surface area (Å²) in [7, 11) is 3.10. The Bertz CT molecular complexity index is 708. The molecule has 1 aliphatic heterocycles. The summed E-state index contributed by atoms with van der Waals surface area (Å²) in [4.78, 5) is 26.2. The molecular formula is C19H26N2O5S. The zero-order valence-electron chi connectivity index (χ0n) is 15.9. The van der Waals surface area contributed by atoms with Gasteiger partial charge in [-0.1, -0.05) is 0 Å². The molecule has 27 heavy (non-hydrogen) atoms. The number of thioether (sulfide) groups is 1. The van der Waals surface area contributed by atoms with Crippen LogP contribution in [-0.4, -0.2) is 67.2 Å². The van der Waals surface area contributed by atoms with Gasteiger partial charge in [-0.05, 0) is 47.8 Å². The van der Waals surface area contributed by atoms with E-state index in [0.29, 0.717) is 17.9 Å². The summed E-state index contributed by atoms with van der Waals surface area (Å²) >= 11 is 1.65. The van der Waals surface area contributed by atoms with Gasteiger partial charge in [-0.3, -0.25) is 9.59 Å². The molecule has 1 aromatic rings. The fourth-order valence-corrected chi connectivity index (χ4v) is 3.32. The zero-order chi connectivity index (χ0) is 19.8. The normalized spacial score (nSPS) is 14.4. The monoisotopic (exact) mass is 394 g/mol. The average Bonchev–Trinajstić information content (AvgIpc) is 2.82. The Labute approximate surface area is 163 Å². The number of benzene rings is 1. The van der Waals surface area contributed by atoms with E-state index in [2.05, 4.69) is 5.32 Å². The van der Waals surface area contributed by atoms with Crippen molar-refractivity contribution >= 4 is 29.7 Å². The quantitative estimate of drug-likeness (QED) is 0.656. The minimum Gasteiger partial charge on any atom is -0.493 e. The van der Waals surface area contributed by atoms with Crippen molar-refractivity contribution in [3.8, 4) is 11.5 Å². The molecule has 1 atom stereocenters. The van der Waals surface area contributed by atoms with Crippen molar-refractivity contribution in [2.24, 2.45) is 0 Å². The van der Waals surface area contributed by atoms with Gasteiger partial charge in [0.05, 0.1) is 33.3 Å². The fraction of sp³-hybridized carbons (Fsp3) is 0.474. The van der Waals surface area contributed by atoms with E-state index < -0.39 is 0 Å². The minimum absolute atomic E-state index is 0.0899. The molecule has 0 spiro atoms. The SMILES string of the molecule is COc1cc2c(cc1OC)CC(=O)N(CC(=O)N[C@H](CO)CCSC)C=C2. The third-order valence-corrected chi connectivity index (χ3v) is 4.96. The number of hydrogen-bond donors (Lipinski definition) is 2. The number of carbonyl (C=O) groups excluding carboxylic acids is 2. The van der Waals surface area contributed by atoms with Crippen LogP contribution in [0.4, 0.5) is 0 Å². The van der Waals surface area contributed by atoms with Crippen LogP contribution in [0.3, 0.4) is 0 Å². The third kappa shape index (κ3) is 5.64. The summed E-state index contributed by atoms with van der Waals surface area (Å²) in [6.45, 7) is -0.214. The van der Waals surface area contributed by atoms with Gasteiger partial charge in [-0.25, -0.2) is 0 Å². The lowest BCUT2D eigenvalue weighted by atomic mass is 10.0. The first kappa shape index (κ1) is 21.1. The van der Waals surface area contributed by atoms with Crippen LogP contribution in [-0.2, 0) is 16.0 Å². The van der Waals surface area contributed by atoms with Gasteiger partial charge in [0.15, 0.2) is 11.5 Å². The molecule has 0 saturated heterocycles. The average molecular weight is 394 g/mol. The van der Waals surface area contributed by atoms with Gasteiger partial charge in [0.1, 0.15) is 6.54 Å². The van der Waals surface area contributed by atoms with Crippen LogP contribution in [0.25, 0.3) is 6.08 Å². The molecule has 7 nitrogen and oxygen atoms in total. The van der Waals surface area contributed by atoms with Crippen LogP contribution < -0.4 is 14.8 Å². The van der Waals surface area contributed by atoms with E-state index >= 15 is 0 Å². The molecule has 2 N–H and O–H groups in total. The number of methoxy groups -OCH3 is 2. The molecule has 0 radical (unpaired) electrons. The molecule has 2 amide bonds. The van der Waals surface area contributed by atoms with Crippen molar-refractivity contribution in [3.05, 3.63) is 29.5 Å². The van der Waals surface area contributed by atoms with Crippen LogP contribution in [0.15, 0.2) is 18.3 Å². The van der Waals surface area contributed by atoms with Crippen LogP contribution in [0, 0.1) is 0 Å². The van der Waals surface area contributed by atoms with Gasteiger partial charge in [-0.15, -0.1) is 0 Å². The molecule has 0 unspecified atom stereocenters. The molecule has 1 aliphatic rings. The summed E-state index contributed by atoms with van der Waals surface area (Å²) < 4.78 is 10.6. The maximum Gasteiger partial charge on any atom is 0.240 e. The van der Waals surface area contributed by atoms with E-state index in [-0.39, 0.29) is 37.4 Å². The fourth-order valence-electron chi connectivity index (χ4n) is 2.80. The number of aliphatic hydroxyl groups excluding tert-OH is 1. The first-order valence-electron chi connectivity index (χ1n) is 8.64. The van der Waals surface area contributed by atoms with Crippen LogP contribution in [0.2, 0.25) is 0 Å². The summed E-state index contributed by atoms with van der Waals surface area (Å²) in [5.41, 5.74) is 1.65. The van der Waals surface area contributed by atoms with Crippen molar-refractivity contribution in [2.45, 2.75) is 18.9 Å². The van der Waals surface area contributed by atoms with Gasteiger partial charge < -0.3 is 24.8 Å². The second-order valence-corrected chi connectivity index (χ2v) is 7.13. The molecule has 8 heteroatoms. The molecule has 0 fully saturated rings. The maximum atomic E-state index is 12.6. The molecule has 0 aliphatic carbocycles. The number of ether oxygens (including phenoxy) is 2. The Balaban J connectivity index is 2.08. The highest BCUT2D eigenvalue weighted by Crippen LogP contribution is 2.32. The topological polar surface area (TPSA) is 88.1 Å². The number of rotatable bonds is 9. The van der Waals surface area contributed by atoms with E-state index in [1.165, 1.54) is 4.90 Å². The van der Waals surface area contributed by atoms with E-state index in [1.54, 1.807) is 44.3 Å². The number of nitrogens with zero attached hydrogens (tertiary/aromatic N) is 1. The largest absolute Gasteiger partial charge is 0.493 e. The molecule has 2 rings (SSSR count). The Hall–Kier alpha value is -2.19. The molecular weight excluding hydrogens is 368 g/mol. The highest BCUT2D eigenvalue weighted by atomic mass is 32.2. The van der Waals surface area contributed by atoms with Crippen molar-refractivity contribution in [3.63, 3.8) is 0 Å². The predicted molar refractivity (Wildman–Crippen MR) is 106 cm³/mol. The van der Waals surface area contributed by atoms with Crippen LogP contribution in [0.1, 0.15) is 17.5 Å². The molecule has 0 saturated carbocycles. The molecule has 1 aromatic carbocycles. The Kier molecular flexibility index (Phi) is 7.99. The van der Waals surface area contributed by atoms with Gasteiger partial charge >= 0.3 is 0 Å². The van der Waals surface area contributed by atoms with Crippen molar-refractivity contribution in [1.29, 1.82) is 0 Å². The van der Waals surface area contributed by atoms with Crippen LogP contribution >= 0.6 is 11.8 Å². The Morgan fingerprint density at radius 1 is 1.33 bits per heavy atom. The van der Waals surface area contributed by atoms with Crippen molar-refractivity contribution < 1.29 is 24.2 Å². The molecule has 148 valence electrons. The van der Waals surface area contributed by atoms with Crippen molar-refractivity contribution in [1.82, 2.24) is 10.2 Å². The highest BCUT2D eigenvalue weighted by Gasteiger charge is 2.22. The number of hydrogen-bond acceptors (Lipinski definition) is 6. The maximum absolute atomic E-state index is 12.6. The third-order valence-electron chi connectivity index (χ3n) is 4.31. The van der Waals surface area contributed by atoms with Gasteiger partial charge in [0, 0.05) is 6.20 Å². The molecule has 0 bridgehead atoms. The van der Waals surface area contributed by atoms with Crippen LogP contribution in [0.5, 0.6) is 11.5 Å². The lowest BCUT2D eigenvalue weighted by Crippen LogP contribution is -2.44. The van der Waals surface area contributed by atoms with E-state index in [4.69, 9.17) is 9.47 Å². The number of aliphatic hydroxyl groups is 1. The lowest BCUT2D eigenvalue weighted by Gasteiger charge is -2.20. The first-order chi connectivity index (χ1) is 13.0. The highest BCUT2D eigenvalue weighted by molar-refractivity contribution is 7.98. The van der Waals surface area contributed by atoms with E-state index in [1.807, 2.05) is 12.3 Å². The lowest BCUT2D eigenvalue weighted by molar-refractivity contribution is -0.133. The second-order valence-electron chi connectivity index (χ2n) is 6.15. The van der Waals surface area contributed by atoms with E-state index in [9.17, 15) is 14.7 Å². The van der Waals surface area contributed by atoms with Crippen molar-refractivity contribution in [2.75, 3.05) is 39.4 Å². The number of fused-ring (bicyclic) bond motifs is 1. The predicted octanol–water partition coefficient (Wildman–Crippen LogP) is 1.29. The summed E-state index contributed by atoms with van der Waals surface area (Å²) in [6, 6.07) is 3.29. The van der Waals surface area contributed by atoms with E-state index in [0.717, 1.165) is 16.9 Å². The number of carbonyl (C=O) groups is 2. The van der Waals surface area contributed by atoms with Gasteiger partial charge in [0.25, 0.3) is 0 Å². The molecule has 0 aromatic heterocycles. The smallest absolute Gasteiger partial charge is 0.240 e. The second kappa shape index (κ2) is 10.2. The minimum atomic E-state index is -0.304. The number of nitrogens with one attached hydrogen (secondary N) is 1. The standard InChI is InChI=1S/C19H26N2O5S/c1-25-16-8-13-4-6-21(19(24)10-14(13)9-17(16)26-2)11-18(23)20-15(12-22)5-7-27-3/h4,6,8-9,15,22H,5,7,10-12H2,1-3H3,(H,20,23)/t15-/m0/s1. The van der Waals surface area contributed by atoms with Gasteiger partial charge in [0.2, 0.25) is 11.8 Å². The Morgan fingerprint density at radius 3 is 2.67 bits per heavy atom.